The van der Waals surface area contributed by atoms with E-state index in [0.717, 1.165) is 36.3 Å². The van der Waals surface area contributed by atoms with Gasteiger partial charge < -0.3 is 9.88 Å². The zero-order valence-corrected chi connectivity index (χ0v) is 28.0. The number of nitrogens with zero attached hydrogens (tertiary/aromatic N) is 1. The van der Waals surface area contributed by atoms with Gasteiger partial charge in [0.25, 0.3) is 0 Å². The van der Waals surface area contributed by atoms with Crippen molar-refractivity contribution in [3.05, 3.63) is 125 Å². The maximum atomic E-state index is 7.07. The van der Waals surface area contributed by atoms with Crippen LogP contribution in [0.25, 0.3) is 44.1 Å². The molecule has 5 aromatic rings. The minimum Gasteiger partial charge on any atom is -0.338 e. The number of aromatic nitrogens is 1. The van der Waals surface area contributed by atoms with E-state index in [4.69, 9.17) is 11.6 Å². The number of rotatable bonds is 11. The minimum absolute atomic E-state index is 0.416. The molecule has 3 heteroatoms. The molecule has 2 nitrogen and oxygen atoms in total. The molecule has 0 radical (unpaired) electrons. The van der Waals surface area contributed by atoms with E-state index < -0.39 is 0 Å². The maximum absolute atomic E-state index is 7.07. The normalized spacial score (nSPS) is 16.7. The van der Waals surface area contributed by atoms with Crippen LogP contribution in [0, 0.1) is 0 Å². The molecule has 2 unspecified atom stereocenters. The van der Waals surface area contributed by atoms with E-state index >= 15 is 0 Å². The summed E-state index contributed by atoms with van der Waals surface area (Å²) in [5, 5.41) is 11.1. The molecule has 4 aromatic carbocycles. The summed E-state index contributed by atoms with van der Waals surface area (Å²) in [6.07, 6.45) is 15.5. The summed E-state index contributed by atoms with van der Waals surface area (Å²) in [6.45, 7) is 13.7. The van der Waals surface area contributed by atoms with E-state index in [0.29, 0.717) is 12.1 Å². The molecule has 1 aromatic heterocycles. The van der Waals surface area contributed by atoms with Gasteiger partial charge in [0.05, 0.1) is 11.4 Å². The van der Waals surface area contributed by atoms with Gasteiger partial charge in [-0.1, -0.05) is 124 Å². The highest BCUT2D eigenvalue weighted by Crippen LogP contribution is 2.36. The molecular weight excluding hydrogens is 568 g/mol. The third-order valence-electron chi connectivity index (χ3n) is 9.47. The van der Waals surface area contributed by atoms with Crippen LogP contribution < -0.4 is 10.7 Å². The summed E-state index contributed by atoms with van der Waals surface area (Å²) in [5.74, 6) is 0. The standard InChI is InChI=1S/C42H45ClN2/c1-6-12-29(4)44-37-20-10-16-31-14-8-18-35(40(31)37)28(3)22-23-33-24-25-34(42(33)43)26-27-38-36-19-9-15-32-17-11-21-39(41(32)36)45(38)30(5)13-7-2/h8-11,14-23,26-27,29-30,44H,3,6-7,12-13,24-25H2,1-2,4-5H3/p+1/b23-22+,34-26+,38-27+. The van der Waals surface area contributed by atoms with Crippen LogP contribution in [0.3, 0.4) is 0 Å². The first kappa shape index (κ1) is 31.1. The summed E-state index contributed by atoms with van der Waals surface area (Å²) in [5.41, 5.74) is 7.19. The van der Waals surface area contributed by atoms with Crippen molar-refractivity contribution in [1.29, 1.82) is 0 Å². The monoisotopic (exact) mass is 613 g/mol. The molecule has 2 atom stereocenters. The van der Waals surface area contributed by atoms with Gasteiger partial charge >= 0.3 is 0 Å². The third kappa shape index (κ3) is 6.19. The van der Waals surface area contributed by atoms with E-state index in [9.17, 15) is 0 Å². The van der Waals surface area contributed by atoms with Crippen LogP contribution >= 0.6 is 11.6 Å². The fourth-order valence-electron chi connectivity index (χ4n) is 7.29. The van der Waals surface area contributed by atoms with Crippen LogP contribution in [0.4, 0.5) is 5.69 Å². The molecule has 0 spiro atoms. The summed E-state index contributed by atoms with van der Waals surface area (Å²) in [7, 11) is 0. The highest BCUT2D eigenvalue weighted by atomic mass is 35.5. The predicted octanol–water partition coefficient (Wildman–Crippen LogP) is 10.7. The minimum atomic E-state index is 0.416. The number of quaternary nitrogens is 1. The molecule has 2 N–H and O–H groups in total. The molecule has 1 heterocycles. The molecule has 0 aliphatic heterocycles. The molecule has 6 rings (SSSR count). The summed E-state index contributed by atoms with van der Waals surface area (Å²) >= 11 is 7.07. The Balaban J connectivity index is 1.33. The zero-order chi connectivity index (χ0) is 31.5. The third-order valence-corrected chi connectivity index (χ3v) is 9.96. The number of benzene rings is 4. The van der Waals surface area contributed by atoms with Gasteiger partial charge in [0.15, 0.2) is 0 Å². The average Bonchev–Trinajstić information content (AvgIpc) is 3.56. The van der Waals surface area contributed by atoms with Gasteiger partial charge in [-0.25, -0.2) is 0 Å². The van der Waals surface area contributed by atoms with Crippen molar-refractivity contribution in [3.8, 4) is 0 Å². The Morgan fingerprint density at radius 2 is 1.56 bits per heavy atom. The molecule has 230 valence electrons. The summed E-state index contributed by atoms with van der Waals surface area (Å²) in [4.78, 5) is 0. The van der Waals surface area contributed by atoms with Gasteiger partial charge in [0, 0.05) is 32.7 Å². The number of nitrogens with two attached hydrogens (primary N) is 1. The Morgan fingerprint density at radius 1 is 0.867 bits per heavy atom. The SMILES string of the molecule is C=C(/C=C/C1=C(Cl)C(=C/C=c2\c3cccc4cccc(c43)n2C(C)CCC)/CC1)c1cccc2cccc([NH2+]C(C)CCC)c12. The molecular formula is C42H46ClN2+. The van der Waals surface area contributed by atoms with Crippen LogP contribution in [0.15, 0.2) is 114 Å². The lowest BCUT2D eigenvalue weighted by Gasteiger charge is -2.15. The first-order valence-electron chi connectivity index (χ1n) is 16.8. The van der Waals surface area contributed by atoms with Crippen molar-refractivity contribution in [2.75, 3.05) is 0 Å². The van der Waals surface area contributed by atoms with Crippen molar-refractivity contribution in [3.63, 3.8) is 0 Å². The zero-order valence-electron chi connectivity index (χ0n) is 27.2. The molecule has 0 bridgehead atoms. The number of fused-ring (bicyclic) bond motifs is 1. The molecule has 0 fully saturated rings. The molecule has 1 aliphatic rings. The summed E-state index contributed by atoms with van der Waals surface area (Å²) < 4.78 is 2.54. The van der Waals surface area contributed by atoms with E-state index in [1.54, 1.807) is 0 Å². The van der Waals surface area contributed by atoms with E-state index in [1.807, 2.05) is 0 Å². The first-order chi connectivity index (χ1) is 21.9. The topological polar surface area (TPSA) is 21.5 Å². The van der Waals surface area contributed by atoms with Crippen LogP contribution in [-0.2, 0) is 0 Å². The van der Waals surface area contributed by atoms with Gasteiger partial charge in [-0.2, -0.15) is 0 Å². The smallest absolute Gasteiger partial charge is 0.138 e. The fourth-order valence-corrected chi connectivity index (χ4v) is 7.60. The predicted molar refractivity (Wildman–Crippen MR) is 197 cm³/mol. The number of allylic oxidation sites excluding steroid dienone is 7. The van der Waals surface area contributed by atoms with Gasteiger partial charge in [-0.15, -0.1) is 0 Å². The van der Waals surface area contributed by atoms with E-state index in [-0.39, 0.29) is 0 Å². The lowest BCUT2D eigenvalue weighted by molar-refractivity contribution is -0.606. The van der Waals surface area contributed by atoms with E-state index in [2.05, 4.69) is 141 Å². The average molecular weight is 614 g/mol. The molecule has 45 heavy (non-hydrogen) atoms. The highest BCUT2D eigenvalue weighted by Gasteiger charge is 2.18. The van der Waals surface area contributed by atoms with Crippen molar-refractivity contribution in [2.24, 2.45) is 0 Å². The van der Waals surface area contributed by atoms with Gasteiger partial charge in [0.1, 0.15) is 5.69 Å². The number of halogens is 1. The number of hydrogen-bond acceptors (Lipinski definition) is 0. The largest absolute Gasteiger partial charge is 0.338 e. The Kier molecular flexibility index (Phi) is 9.45. The fraction of sp³-hybridized carbons (Fsp3) is 0.286. The van der Waals surface area contributed by atoms with Crippen LogP contribution in [-0.4, -0.2) is 10.6 Å². The Labute approximate surface area is 273 Å². The number of hydrogen-bond donors (Lipinski definition) is 1. The van der Waals surface area contributed by atoms with Crippen LogP contribution in [0.1, 0.15) is 77.8 Å². The van der Waals surface area contributed by atoms with Gasteiger partial charge in [-0.3, -0.25) is 0 Å². The van der Waals surface area contributed by atoms with Crippen molar-refractivity contribution in [1.82, 2.24) is 4.57 Å². The van der Waals surface area contributed by atoms with Gasteiger partial charge in [-0.05, 0) is 90.8 Å². The molecule has 0 amide bonds. The molecule has 0 saturated carbocycles. The van der Waals surface area contributed by atoms with Crippen LogP contribution in [0.2, 0.25) is 0 Å². The van der Waals surface area contributed by atoms with Crippen molar-refractivity contribution >= 4 is 61.4 Å². The van der Waals surface area contributed by atoms with Gasteiger partial charge in [0.2, 0.25) is 0 Å². The van der Waals surface area contributed by atoms with Crippen LogP contribution in [0.5, 0.6) is 0 Å². The van der Waals surface area contributed by atoms with Crippen molar-refractivity contribution in [2.45, 2.75) is 78.3 Å². The Hall–Kier alpha value is -3.85. The molecule has 1 aliphatic carbocycles. The maximum Gasteiger partial charge on any atom is 0.138 e. The second kappa shape index (κ2) is 13.6. The first-order valence-corrected chi connectivity index (χ1v) is 17.1. The Bertz CT molecular complexity index is 2010. The van der Waals surface area contributed by atoms with Crippen molar-refractivity contribution < 1.29 is 5.32 Å². The quantitative estimate of drug-likeness (QED) is 0.113. The Morgan fingerprint density at radius 3 is 2.31 bits per heavy atom. The second-order valence-corrected chi connectivity index (χ2v) is 13.2. The highest BCUT2D eigenvalue weighted by molar-refractivity contribution is 6.33. The van der Waals surface area contributed by atoms with E-state index in [1.165, 1.54) is 73.0 Å². The lowest BCUT2D eigenvalue weighted by atomic mass is 9.96. The lowest BCUT2D eigenvalue weighted by Crippen LogP contribution is -2.83. The second-order valence-electron chi connectivity index (χ2n) is 12.8. The molecule has 0 saturated heterocycles. The summed E-state index contributed by atoms with van der Waals surface area (Å²) in [6, 6.07) is 27.4.